The molecule has 1 aliphatic carbocycles. The van der Waals surface area contributed by atoms with E-state index in [9.17, 15) is 9.90 Å². The van der Waals surface area contributed by atoms with Crippen LogP contribution in [0.15, 0.2) is 12.3 Å². The first-order valence-electron chi connectivity index (χ1n) is 7.40. The fourth-order valence-corrected chi connectivity index (χ4v) is 2.61. The third kappa shape index (κ3) is 3.20. The van der Waals surface area contributed by atoms with E-state index in [1.54, 1.807) is 13.8 Å². The molecule has 20 heavy (non-hydrogen) atoms. The Balaban J connectivity index is 2.00. The topological polar surface area (TPSA) is 58.4 Å². The lowest BCUT2D eigenvalue weighted by Crippen LogP contribution is -2.47. The highest BCUT2D eigenvalue weighted by atomic mass is 16.4. The summed E-state index contributed by atoms with van der Waals surface area (Å²) in [6.07, 6.45) is 8.35. The van der Waals surface area contributed by atoms with Gasteiger partial charge in [-0.15, -0.1) is 0 Å². The number of likely N-dealkylation sites (N-methyl/N-ethyl adjacent to an activating group) is 1. The molecule has 0 atom stereocenters. The molecule has 0 unspecified atom stereocenters. The van der Waals surface area contributed by atoms with Crippen LogP contribution >= 0.6 is 0 Å². The predicted octanol–water partition coefficient (Wildman–Crippen LogP) is 2.68. The molecule has 1 saturated carbocycles. The van der Waals surface area contributed by atoms with Gasteiger partial charge in [0.2, 0.25) is 0 Å². The number of carboxylic acid groups (broad SMARTS) is 1. The Hall–Kier alpha value is -1.36. The molecular formula is C15H25N3O2. The van der Waals surface area contributed by atoms with Gasteiger partial charge < -0.3 is 5.11 Å². The normalized spacial score (nSPS) is 17.6. The molecule has 0 radical (unpaired) electrons. The summed E-state index contributed by atoms with van der Waals surface area (Å²) < 4.78 is 2.07. The van der Waals surface area contributed by atoms with Crippen LogP contribution in [0.3, 0.4) is 0 Å². The lowest BCUT2D eigenvalue weighted by molar-refractivity contribution is -0.148. The highest BCUT2D eigenvalue weighted by Gasteiger charge is 2.32. The Labute approximate surface area is 120 Å². The monoisotopic (exact) mass is 279 g/mol. The van der Waals surface area contributed by atoms with E-state index in [4.69, 9.17) is 0 Å². The zero-order valence-corrected chi connectivity index (χ0v) is 12.7. The van der Waals surface area contributed by atoms with Gasteiger partial charge in [-0.1, -0.05) is 19.3 Å². The summed E-state index contributed by atoms with van der Waals surface area (Å²) in [6.45, 7) is 3.99. The van der Waals surface area contributed by atoms with Crippen molar-refractivity contribution >= 4 is 5.97 Å². The average Bonchev–Trinajstić information content (AvgIpc) is 2.88. The molecule has 2 rings (SSSR count). The van der Waals surface area contributed by atoms with E-state index in [1.807, 2.05) is 24.2 Å². The zero-order chi connectivity index (χ0) is 14.8. The van der Waals surface area contributed by atoms with Gasteiger partial charge in [0.1, 0.15) is 5.54 Å². The summed E-state index contributed by atoms with van der Waals surface area (Å²) in [5, 5.41) is 13.9. The van der Waals surface area contributed by atoms with Gasteiger partial charge in [0, 0.05) is 12.7 Å². The number of hydrogen-bond donors (Lipinski definition) is 1. The predicted molar refractivity (Wildman–Crippen MR) is 77.5 cm³/mol. The van der Waals surface area contributed by atoms with E-state index in [-0.39, 0.29) is 0 Å². The fourth-order valence-electron chi connectivity index (χ4n) is 2.61. The largest absolute Gasteiger partial charge is 0.480 e. The molecule has 1 heterocycles. The molecule has 1 N–H and O–H groups in total. The third-order valence-electron chi connectivity index (χ3n) is 4.49. The number of aliphatic carboxylic acids is 1. The SMILES string of the molecule is CN(Cc1ccn(C2CCCCC2)n1)C(C)(C)C(=O)O. The molecule has 1 aliphatic rings. The average molecular weight is 279 g/mol. The van der Waals surface area contributed by atoms with Crippen molar-refractivity contribution in [3.05, 3.63) is 18.0 Å². The van der Waals surface area contributed by atoms with Crippen LogP contribution < -0.4 is 0 Å². The van der Waals surface area contributed by atoms with E-state index < -0.39 is 11.5 Å². The standard InChI is InChI=1S/C15H25N3O2/c1-15(2,14(19)20)17(3)11-12-9-10-18(16-12)13-7-5-4-6-8-13/h9-10,13H,4-8,11H2,1-3H3,(H,19,20). The maximum absolute atomic E-state index is 11.2. The minimum Gasteiger partial charge on any atom is -0.480 e. The minimum absolute atomic E-state index is 0.523. The van der Waals surface area contributed by atoms with Gasteiger partial charge in [0.05, 0.1) is 11.7 Å². The molecule has 1 aromatic rings. The van der Waals surface area contributed by atoms with Crippen LogP contribution in [0.2, 0.25) is 0 Å². The van der Waals surface area contributed by atoms with Gasteiger partial charge >= 0.3 is 5.97 Å². The number of rotatable bonds is 5. The summed E-state index contributed by atoms with van der Waals surface area (Å²) in [7, 11) is 1.83. The Bertz CT molecular complexity index is 461. The quantitative estimate of drug-likeness (QED) is 0.900. The molecule has 0 aliphatic heterocycles. The molecule has 5 heteroatoms. The van der Waals surface area contributed by atoms with E-state index in [0.29, 0.717) is 12.6 Å². The molecule has 0 spiro atoms. The van der Waals surface area contributed by atoms with Crippen LogP contribution in [0.4, 0.5) is 0 Å². The molecule has 112 valence electrons. The molecule has 0 amide bonds. The third-order valence-corrected chi connectivity index (χ3v) is 4.49. The summed E-state index contributed by atoms with van der Waals surface area (Å²) in [4.78, 5) is 13.1. The highest BCUT2D eigenvalue weighted by molar-refractivity contribution is 5.77. The molecule has 1 aromatic heterocycles. The number of nitrogens with zero attached hydrogens (tertiary/aromatic N) is 3. The van der Waals surface area contributed by atoms with Crippen LogP contribution in [0.25, 0.3) is 0 Å². The summed E-state index contributed by atoms with van der Waals surface area (Å²) >= 11 is 0. The zero-order valence-electron chi connectivity index (χ0n) is 12.7. The van der Waals surface area contributed by atoms with Crippen LogP contribution in [-0.4, -0.2) is 38.3 Å². The molecule has 1 fully saturated rings. The Morgan fingerprint density at radius 2 is 2.10 bits per heavy atom. The Kier molecular flexibility index (Phi) is 4.48. The van der Waals surface area contributed by atoms with Crippen molar-refractivity contribution in [1.29, 1.82) is 0 Å². The second kappa shape index (κ2) is 5.95. The van der Waals surface area contributed by atoms with Crippen molar-refractivity contribution < 1.29 is 9.90 Å². The number of aromatic nitrogens is 2. The number of carbonyl (C=O) groups is 1. The fraction of sp³-hybridized carbons (Fsp3) is 0.733. The van der Waals surface area contributed by atoms with Crippen molar-refractivity contribution in [3.8, 4) is 0 Å². The van der Waals surface area contributed by atoms with Crippen LogP contribution in [0, 0.1) is 0 Å². The lowest BCUT2D eigenvalue weighted by atomic mass is 9.96. The summed E-state index contributed by atoms with van der Waals surface area (Å²) in [5.74, 6) is -0.813. The van der Waals surface area contributed by atoms with Crippen LogP contribution in [0.5, 0.6) is 0 Å². The highest BCUT2D eigenvalue weighted by Crippen LogP contribution is 2.27. The van der Waals surface area contributed by atoms with Gasteiger partial charge in [-0.2, -0.15) is 5.10 Å². The lowest BCUT2D eigenvalue weighted by Gasteiger charge is -2.30. The van der Waals surface area contributed by atoms with Gasteiger partial charge in [-0.25, -0.2) is 0 Å². The second-order valence-electron chi connectivity index (χ2n) is 6.30. The van der Waals surface area contributed by atoms with Gasteiger partial charge in [0.25, 0.3) is 0 Å². The first kappa shape index (κ1) is 15.0. The molecule has 5 nitrogen and oxygen atoms in total. The Morgan fingerprint density at radius 1 is 1.45 bits per heavy atom. The smallest absolute Gasteiger partial charge is 0.323 e. The van der Waals surface area contributed by atoms with Crippen molar-refractivity contribution in [1.82, 2.24) is 14.7 Å². The summed E-state index contributed by atoms with van der Waals surface area (Å²) in [5.41, 5.74) is 0.0571. The van der Waals surface area contributed by atoms with E-state index in [0.717, 1.165) is 5.69 Å². The number of hydrogen-bond acceptors (Lipinski definition) is 3. The van der Waals surface area contributed by atoms with Gasteiger partial charge in [0.15, 0.2) is 0 Å². The molecule has 0 saturated heterocycles. The van der Waals surface area contributed by atoms with Crippen molar-refractivity contribution in [2.75, 3.05) is 7.05 Å². The maximum Gasteiger partial charge on any atom is 0.323 e. The maximum atomic E-state index is 11.2. The molecular weight excluding hydrogens is 254 g/mol. The van der Waals surface area contributed by atoms with Crippen molar-refractivity contribution in [3.63, 3.8) is 0 Å². The molecule has 0 bridgehead atoms. The minimum atomic E-state index is -0.880. The van der Waals surface area contributed by atoms with Crippen molar-refractivity contribution in [2.45, 2.75) is 64.1 Å². The van der Waals surface area contributed by atoms with Crippen molar-refractivity contribution in [2.24, 2.45) is 0 Å². The van der Waals surface area contributed by atoms with Crippen LogP contribution in [0.1, 0.15) is 57.7 Å². The van der Waals surface area contributed by atoms with Crippen LogP contribution in [-0.2, 0) is 11.3 Å². The summed E-state index contributed by atoms with van der Waals surface area (Å²) in [6, 6.07) is 2.53. The number of carboxylic acids is 1. The Morgan fingerprint density at radius 3 is 2.70 bits per heavy atom. The van der Waals surface area contributed by atoms with Gasteiger partial charge in [-0.3, -0.25) is 14.4 Å². The van der Waals surface area contributed by atoms with E-state index >= 15 is 0 Å². The van der Waals surface area contributed by atoms with Gasteiger partial charge in [-0.05, 0) is 39.8 Å². The first-order valence-corrected chi connectivity index (χ1v) is 7.40. The van der Waals surface area contributed by atoms with E-state index in [1.165, 1.54) is 32.1 Å². The molecule has 0 aromatic carbocycles. The second-order valence-corrected chi connectivity index (χ2v) is 6.30. The first-order chi connectivity index (χ1) is 9.41. The van der Waals surface area contributed by atoms with E-state index in [2.05, 4.69) is 9.78 Å².